The minimum atomic E-state index is 0.692. The van der Waals surface area contributed by atoms with Gasteiger partial charge in [-0.3, -0.25) is 0 Å². The molecule has 11 aromatic rings. The van der Waals surface area contributed by atoms with E-state index in [1.807, 2.05) is 24.3 Å². The maximum Gasteiger partial charge on any atom is 0.160 e. The monoisotopic (exact) mass is 712 g/mol. The second kappa shape index (κ2) is 13.1. The highest BCUT2D eigenvalue weighted by molar-refractivity contribution is 6.22. The number of hydrogen-bond acceptors (Lipinski definition) is 4. The van der Waals surface area contributed by atoms with Crippen molar-refractivity contribution in [2.75, 3.05) is 0 Å². The van der Waals surface area contributed by atoms with Crippen molar-refractivity contribution in [2.24, 2.45) is 0 Å². The van der Waals surface area contributed by atoms with Crippen molar-refractivity contribution in [1.29, 1.82) is 0 Å². The fourth-order valence-electron chi connectivity index (χ4n) is 8.32. The molecule has 0 aliphatic rings. The summed E-state index contributed by atoms with van der Waals surface area (Å²) in [5.41, 5.74) is 11.9. The second-order valence-electron chi connectivity index (χ2n) is 14.1. The van der Waals surface area contributed by atoms with Gasteiger partial charge in [-0.2, -0.15) is 0 Å². The van der Waals surface area contributed by atoms with Crippen LogP contribution in [-0.4, -0.2) is 19.9 Å². The lowest BCUT2D eigenvalue weighted by molar-refractivity contribution is 1.19. The molecule has 0 atom stereocenters. The highest BCUT2D eigenvalue weighted by atomic mass is 14.9. The topological polar surface area (TPSA) is 51.6 Å². The Morgan fingerprint density at radius 3 is 1.41 bits per heavy atom. The molecule has 4 nitrogen and oxygen atoms in total. The summed E-state index contributed by atoms with van der Waals surface area (Å²) in [6, 6.07) is 67.8. The summed E-state index contributed by atoms with van der Waals surface area (Å²) >= 11 is 0. The van der Waals surface area contributed by atoms with Gasteiger partial charge < -0.3 is 0 Å². The number of hydrogen-bond donors (Lipinski definition) is 0. The van der Waals surface area contributed by atoms with Crippen LogP contribution in [0.25, 0.3) is 111 Å². The fraction of sp³-hybridized carbons (Fsp3) is 0. The number of benzene rings is 8. The minimum absolute atomic E-state index is 0.692. The molecule has 3 heterocycles. The Kier molecular flexibility index (Phi) is 7.46. The fourth-order valence-corrected chi connectivity index (χ4v) is 8.32. The van der Waals surface area contributed by atoms with Crippen molar-refractivity contribution >= 4 is 54.3 Å². The van der Waals surface area contributed by atoms with Crippen LogP contribution >= 0.6 is 0 Å². The normalized spacial score (nSPS) is 11.6. The first-order chi connectivity index (χ1) is 27.8. The van der Waals surface area contributed by atoms with Crippen LogP contribution in [0.15, 0.2) is 194 Å². The van der Waals surface area contributed by atoms with E-state index in [2.05, 4.69) is 170 Å². The average Bonchev–Trinajstić information content (AvgIpc) is 3.28. The number of para-hydroxylation sites is 1. The third-order valence-electron chi connectivity index (χ3n) is 10.8. The largest absolute Gasteiger partial charge is 0.245 e. The Morgan fingerprint density at radius 2 is 0.768 bits per heavy atom. The lowest BCUT2D eigenvalue weighted by Crippen LogP contribution is -1.98. The lowest BCUT2D eigenvalue weighted by Gasteiger charge is -2.18. The standard InChI is InChI=1S/C52H32N4/c1-4-16-33(17-5-1)45-32-46(56-52(55-45)36-20-8-3-9-21-36)49-39-24-12-10-22-37(39)48(38-23-11-13-25-40(38)49)44-31-29-35-28-30-42-47(34-18-6-2-7-19-34)41-26-14-15-27-43(41)53-51(42)50(35)54-44/h1-32H. The summed E-state index contributed by atoms with van der Waals surface area (Å²) in [5, 5.41) is 7.70. The summed E-state index contributed by atoms with van der Waals surface area (Å²) in [6.45, 7) is 0. The van der Waals surface area contributed by atoms with E-state index < -0.39 is 0 Å². The molecule has 0 saturated heterocycles. The molecule has 0 N–H and O–H groups in total. The zero-order valence-corrected chi connectivity index (χ0v) is 30.3. The van der Waals surface area contributed by atoms with Crippen LogP contribution in [0.1, 0.15) is 0 Å². The van der Waals surface area contributed by atoms with E-state index in [1.165, 1.54) is 5.56 Å². The number of aromatic nitrogens is 4. The van der Waals surface area contributed by atoms with E-state index in [4.69, 9.17) is 19.9 Å². The SMILES string of the molecule is c1ccc(-c2cc(-c3c4ccccc4c(-c4ccc5ccc6c(-c7ccccc7)c7ccccc7nc6c5n4)c4ccccc34)nc(-c3ccccc3)n2)cc1. The summed E-state index contributed by atoms with van der Waals surface area (Å²) in [4.78, 5) is 21.2. The molecule has 0 spiro atoms. The van der Waals surface area contributed by atoms with Crippen molar-refractivity contribution in [2.45, 2.75) is 0 Å². The molecule has 260 valence electrons. The maximum absolute atomic E-state index is 5.54. The Balaban J connectivity index is 1.19. The number of rotatable bonds is 5. The Labute approximate surface area is 323 Å². The van der Waals surface area contributed by atoms with Crippen molar-refractivity contribution in [1.82, 2.24) is 19.9 Å². The van der Waals surface area contributed by atoms with Crippen LogP contribution in [0.5, 0.6) is 0 Å². The molecular formula is C52H32N4. The third kappa shape index (κ3) is 5.23. The highest BCUT2D eigenvalue weighted by Gasteiger charge is 2.21. The van der Waals surface area contributed by atoms with Gasteiger partial charge >= 0.3 is 0 Å². The summed E-state index contributed by atoms with van der Waals surface area (Å²) < 4.78 is 0. The molecule has 56 heavy (non-hydrogen) atoms. The Hall–Kier alpha value is -7.56. The zero-order chi connectivity index (χ0) is 37.0. The van der Waals surface area contributed by atoms with E-state index in [0.29, 0.717) is 5.82 Å². The van der Waals surface area contributed by atoms with Gasteiger partial charge in [0.2, 0.25) is 0 Å². The molecular weight excluding hydrogens is 681 g/mol. The van der Waals surface area contributed by atoms with E-state index in [1.54, 1.807) is 0 Å². The second-order valence-corrected chi connectivity index (χ2v) is 14.1. The van der Waals surface area contributed by atoms with Gasteiger partial charge in [0.05, 0.1) is 33.6 Å². The molecule has 11 rings (SSSR count). The number of fused-ring (bicyclic) bond motifs is 6. The van der Waals surface area contributed by atoms with Crippen molar-refractivity contribution in [3.63, 3.8) is 0 Å². The van der Waals surface area contributed by atoms with E-state index in [-0.39, 0.29) is 0 Å². The van der Waals surface area contributed by atoms with Crippen LogP contribution in [0, 0.1) is 0 Å². The van der Waals surface area contributed by atoms with E-state index in [9.17, 15) is 0 Å². The van der Waals surface area contributed by atoms with Gasteiger partial charge in [-0.05, 0) is 45.3 Å². The Bertz CT molecular complexity index is 3170. The van der Waals surface area contributed by atoms with Crippen LogP contribution in [0.2, 0.25) is 0 Å². The van der Waals surface area contributed by atoms with Crippen LogP contribution in [0.4, 0.5) is 0 Å². The van der Waals surface area contributed by atoms with Crippen molar-refractivity contribution in [3.05, 3.63) is 194 Å². The molecule has 0 bridgehead atoms. The van der Waals surface area contributed by atoms with E-state index in [0.717, 1.165) is 99.2 Å². The van der Waals surface area contributed by atoms with Gasteiger partial charge in [-0.25, -0.2) is 19.9 Å². The predicted molar refractivity (Wildman–Crippen MR) is 232 cm³/mol. The molecule has 0 unspecified atom stereocenters. The first-order valence-electron chi connectivity index (χ1n) is 18.9. The van der Waals surface area contributed by atoms with Crippen molar-refractivity contribution < 1.29 is 0 Å². The first-order valence-corrected chi connectivity index (χ1v) is 18.9. The van der Waals surface area contributed by atoms with Crippen molar-refractivity contribution in [3.8, 4) is 56.3 Å². The molecule has 0 fully saturated rings. The summed E-state index contributed by atoms with van der Waals surface area (Å²) in [6.07, 6.45) is 0. The van der Waals surface area contributed by atoms with Crippen LogP contribution in [0.3, 0.4) is 0 Å². The summed E-state index contributed by atoms with van der Waals surface area (Å²) in [7, 11) is 0. The first kappa shape index (κ1) is 31.9. The number of nitrogens with zero attached hydrogens (tertiary/aromatic N) is 4. The molecule has 0 radical (unpaired) electrons. The molecule has 8 aromatic carbocycles. The third-order valence-corrected chi connectivity index (χ3v) is 10.8. The van der Waals surface area contributed by atoms with Gasteiger partial charge in [0.1, 0.15) is 0 Å². The lowest BCUT2D eigenvalue weighted by atomic mass is 9.88. The molecule has 0 saturated carbocycles. The smallest absolute Gasteiger partial charge is 0.160 e. The average molecular weight is 713 g/mol. The van der Waals surface area contributed by atoms with Gasteiger partial charge in [-0.15, -0.1) is 0 Å². The predicted octanol–water partition coefficient (Wildman–Crippen LogP) is 13.4. The minimum Gasteiger partial charge on any atom is -0.245 e. The summed E-state index contributed by atoms with van der Waals surface area (Å²) in [5.74, 6) is 0.692. The quantitative estimate of drug-likeness (QED) is 0.132. The van der Waals surface area contributed by atoms with Gasteiger partial charge in [-0.1, -0.05) is 176 Å². The highest BCUT2D eigenvalue weighted by Crippen LogP contribution is 2.44. The molecule has 3 aromatic heterocycles. The van der Waals surface area contributed by atoms with Gasteiger partial charge in [0.25, 0.3) is 0 Å². The van der Waals surface area contributed by atoms with Gasteiger partial charge in [0.15, 0.2) is 5.82 Å². The molecule has 0 amide bonds. The Morgan fingerprint density at radius 1 is 0.268 bits per heavy atom. The van der Waals surface area contributed by atoms with Gasteiger partial charge in [0, 0.05) is 44.0 Å². The molecule has 4 heteroatoms. The van der Waals surface area contributed by atoms with Crippen LogP contribution in [-0.2, 0) is 0 Å². The molecule has 0 aliphatic heterocycles. The maximum atomic E-state index is 5.54. The zero-order valence-electron chi connectivity index (χ0n) is 30.3. The van der Waals surface area contributed by atoms with Crippen LogP contribution < -0.4 is 0 Å². The van der Waals surface area contributed by atoms with E-state index >= 15 is 0 Å². The number of pyridine rings is 2. The molecule has 0 aliphatic carbocycles.